The molecule has 1 aliphatic heterocycles. The first-order valence-corrected chi connectivity index (χ1v) is 8.26. The molecule has 1 atom stereocenters. The van der Waals surface area contributed by atoms with Gasteiger partial charge in [-0.3, -0.25) is 0 Å². The number of rotatable bonds is 4. The maximum atomic E-state index is 12.8. The van der Waals surface area contributed by atoms with Gasteiger partial charge in [0, 0.05) is 12.6 Å². The SMILES string of the molecule is CCC1CCCCN1S(=O)(=O)c1ccccc1CO. The minimum Gasteiger partial charge on any atom is -0.392 e. The van der Waals surface area contributed by atoms with Gasteiger partial charge < -0.3 is 5.11 Å². The molecule has 0 aliphatic carbocycles. The van der Waals surface area contributed by atoms with Crippen LogP contribution in [0.3, 0.4) is 0 Å². The van der Waals surface area contributed by atoms with Crippen molar-refractivity contribution >= 4 is 10.0 Å². The van der Waals surface area contributed by atoms with E-state index in [4.69, 9.17) is 0 Å². The first-order valence-electron chi connectivity index (χ1n) is 6.82. The molecule has 1 aliphatic rings. The third-order valence-electron chi connectivity index (χ3n) is 3.77. The zero-order valence-electron chi connectivity index (χ0n) is 11.2. The lowest BCUT2D eigenvalue weighted by atomic mass is 10.0. The lowest BCUT2D eigenvalue weighted by molar-refractivity contribution is 0.245. The van der Waals surface area contributed by atoms with Gasteiger partial charge in [-0.2, -0.15) is 4.31 Å². The van der Waals surface area contributed by atoms with Crippen LogP contribution in [-0.2, 0) is 16.6 Å². The Morgan fingerprint density at radius 2 is 2.05 bits per heavy atom. The summed E-state index contributed by atoms with van der Waals surface area (Å²) in [6.07, 6.45) is 3.76. The smallest absolute Gasteiger partial charge is 0.243 e. The lowest BCUT2D eigenvalue weighted by Gasteiger charge is -2.34. The molecule has 0 bridgehead atoms. The fourth-order valence-electron chi connectivity index (χ4n) is 2.71. The molecular formula is C14H21NO3S. The van der Waals surface area contributed by atoms with Crippen molar-refractivity contribution in [1.29, 1.82) is 0 Å². The highest BCUT2D eigenvalue weighted by atomic mass is 32.2. The molecule has 0 saturated carbocycles. The first kappa shape index (κ1) is 14.5. The summed E-state index contributed by atoms with van der Waals surface area (Å²) >= 11 is 0. The Bertz CT molecular complexity index is 527. The van der Waals surface area contributed by atoms with Gasteiger partial charge in [0.1, 0.15) is 0 Å². The number of hydrogen-bond acceptors (Lipinski definition) is 3. The number of sulfonamides is 1. The number of aliphatic hydroxyl groups is 1. The Balaban J connectivity index is 2.40. The molecule has 1 aromatic carbocycles. The molecule has 1 heterocycles. The zero-order valence-corrected chi connectivity index (χ0v) is 12.1. The Kier molecular flexibility index (Phi) is 4.60. The van der Waals surface area contributed by atoms with E-state index in [1.807, 2.05) is 6.92 Å². The molecule has 4 nitrogen and oxygen atoms in total. The van der Waals surface area contributed by atoms with E-state index in [2.05, 4.69) is 0 Å². The molecular weight excluding hydrogens is 262 g/mol. The second-order valence-electron chi connectivity index (χ2n) is 4.94. The van der Waals surface area contributed by atoms with Gasteiger partial charge in [0.25, 0.3) is 0 Å². The minimum absolute atomic E-state index is 0.0884. The average Bonchev–Trinajstić information content (AvgIpc) is 2.47. The second-order valence-corrected chi connectivity index (χ2v) is 6.80. The van der Waals surface area contributed by atoms with Gasteiger partial charge in [0.2, 0.25) is 10.0 Å². The lowest BCUT2D eigenvalue weighted by Crippen LogP contribution is -2.43. The number of benzene rings is 1. The maximum absolute atomic E-state index is 12.8. The third-order valence-corrected chi connectivity index (χ3v) is 5.83. The highest BCUT2D eigenvalue weighted by Crippen LogP contribution is 2.28. The molecule has 0 amide bonds. The molecule has 0 aromatic heterocycles. The van der Waals surface area contributed by atoms with E-state index >= 15 is 0 Å². The molecule has 1 unspecified atom stereocenters. The number of aliphatic hydroxyl groups excluding tert-OH is 1. The number of hydrogen-bond donors (Lipinski definition) is 1. The fraction of sp³-hybridized carbons (Fsp3) is 0.571. The largest absolute Gasteiger partial charge is 0.392 e. The van der Waals surface area contributed by atoms with Crippen LogP contribution >= 0.6 is 0 Å². The Labute approximate surface area is 115 Å². The molecule has 2 rings (SSSR count). The van der Waals surface area contributed by atoms with Crippen LogP contribution in [0.5, 0.6) is 0 Å². The number of piperidine rings is 1. The van der Waals surface area contributed by atoms with Crippen molar-refractivity contribution in [3.8, 4) is 0 Å². The predicted molar refractivity (Wildman–Crippen MR) is 74.2 cm³/mol. The van der Waals surface area contributed by atoms with Crippen molar-refractivity contribution in [3.05, 3.63) is 29.8 Å². The topological polar surface area (TPSA) is 57.6 Å². The van der Waals surface area contributed by atoms with Gasteiger partial charge in [0.05, 0.1) is 11.5 Å². The van der Waals surface area contributed by atoms with Crippen LogP contribution in [0.2, 0.25) is 0 Å². The molecule has 0 radical (unpaired) electrons. The van der Waals surface area contributed by atoms with E-state index in [9.17, 15) is 13.5 Å². The van der Waals surface area contributed by atoms with Crippen LogP contribution < -0.4 is 0 Å². The van der Waals surface area contributed by atoms with Crippen molar-refractivity contribution < 1.29 is 13.5 Å². The quantitative estimate of drug-likeness (QED) is 0.921. The maximum Gasteiger partial charge on any atom is 0.243 e. The summed E-state index contributed by atoms with van der Waals surface area (Å²) in [6, 6.07) is 6.79. The molecule has 1 aromatic rings. The molecule has 5 heteroatoms. The van der Waals surface area contributed by atoms with Crippen molar-refractivity contribution in [2.45, 2.75) is 50.2 Å². The zero-order chi connectivity index (χ0) is 13.9. The van der Waals surface area contributed by atoms with Crippen molar-refractivity contribution in [2.24, 2.45) is 0 Å². The fourth-order valence-corrected chi connectivity index (χ4v) is 4.69. The van der Waals surface area contributed by atoms with Crippen LogP contribution in [0.4, 0.5) is 0 Å². The summed E-state index contributed by atoms with van der Waals surface area (Å²) in [4.78, 5) is 0.248. The highest BCUT2D eigenvalue weighted by Gasteiger charge is 2.33. The molecule has 0 spiro atoms. The number of nitrogens with zero attached hydrogens (tertiary/aromatic N) is 1. The van der Waals surface area contributed by atoms with Gasteiger partial charge in [-0.05, 0) is 30.9 Å². The third kappa shape index (κ3) is 2.83. The van der Waals surface area contributed by atoms with Gasteiger partial charge in [0.15, 0.2) is 0 Å². The van der Waals surface area contributed by atoms with E-state index in [0.717, 1.165) is 25.7 Å². The van der Waals surface area contributed by atoms with Crippen LogP contribution in [0.25, 0.3) is 0 Å². The van der Waals surface area contributed by atoms with E-state index in [1.54, 1.807) is 28.6 Å². The standard InChI is InChI=1S/C14H21NO3S/c1-2-13-8-5-6-10-15(13)19(17,18)14-9-4-3-7-12(14)11-16/h3-4,7,9,13,16H,2,5-6,8,10-11H2,1H3. The van der Waals surface area contributed by atoms with Crippen molar-refractivity contribution in [2.75, 3.05) is 6.54 Å². The van der Waals surface area contributed by atoms with E-state index in [0.29, 0.717) is 12.1 Å². The Morgan fingerprint density at radius 3 is 2.74 bits per heavy atom. The summed E-state index contributed by atoms with van der Waals surface area (Å²) in [7, 11) is -3.49. The van der Waals surface area contributed by atoms with Gasteiger partial charge in [-0.25, -0.2) is 8.42 Å². The minimum atomic E-state index is -3.49. The average molecular weight is 283 g/mol. The van der Waals surface area contributed by atoms with Gasteiger partial charge in [-0.15, -0.1) is 0 Å². The van der Waals surface area contributed by atoms with Crippen molar-refractivity contribution in [1.82, 2.24) is 4.31 Å². The normalized spacial score (nSPS) is 21.5. The van der Waals surface area contributed by atoms with E-state index in [1.165, 1.54) is 0 Å². The van der Waals surface area contributed by atoms with Crippen LogP contribution in [-0.4, -0.2) is 30.4 Å². The molecule has 1 saturated heterocycles. The van der Waals surface area contributed by atoms with Crippen LogP contribution in [0.15, 0.2) is 29.2 Å². The Hall–Kier alpha value is -0.910. The summed E-state index contributed by atoms with van der Waals surface area (Å²) in [5, 5.41) is 9.32. The predicted octanol–water partition coefficient (Wildman–Crippen LogP) is 2.13. The molecule has 1 N–H and O–H groups in total. The molecule has 1 fully saturated rings. The van der Waals surface area contributed by atoms with E-state index in [-0.39, 0.29) is 17.5 Å². The summed E-state index contributed by atoms with van der Waals surface area (Å²) < 4.78 is 27.1. The van der Waals surface area contributed by atoms with Crippen LogP contribution in [0.1, 0.15) is 38.2 Å². The highest BCUT2D eigenvalue weighted by molar-refractivity contribution is 7.89. The summed E-state index contributed by atoms with van der Waals surface area (Å²) in [5.41, 5.74) is 0.475. The molecule has 106 valence electrons. The summed E-state index contributed by atoms with van der Waals surface area (Å²) in [6.45, 7) is 2.36. The first-order chi connectivity index (χ1) is 9.11. The van der Waals surface area contributed by atoms with E-state index < -0.39 is 10.0 Å². The second kappa shape index (κ2) is 6.03. The molecule has 19 heavy (non-hydrogen) atoms. The summed E-state index contributed by atoms with van der Waals surface area (Å²) in [5.74, 6) is 0. The van der Waals surface area contributed by atoms with Crippen molar-refractivity contribution in [3.63, 3.8) is 0 Å². The van der Waals surface area contributed by atoms with Gasteiger partial charge in [-0.1, -0.05) is 31.5 Å². The van der Waals surface area contributed by atoms with Gasteiger partial charge >= 0.3 is 0 Å². The van der Waals surface area contributed by atoms with Crippen LogP contribution in [0, 0.1) is 0 Å². The Morgan fingerprint density at radius 1 is 1.32 bits per heavy atom. The monoisotopic (exact) mass is 283 g/mol.